The van der Waals surface area contributed by atoms with E-state index in [1.165, 1.54) is 12.5 Å². The molecule has 0 fully saturated rings. The van der Waals surface area contributed by atoms with Crippen molar-refractivity contribution in [2.24, 2.45) is 0 Å². The number of nitrogens with zero attached hydrogens (tertiary/aromatic N) is 2. The number of carbonyl (C=O) groups is 1. The summed E-state index contributed by atoms with van der Waals surface area (Å²) in [5, 5.41) is 13.7. The summed E-state index contributed by atoms with van der Waals surface area (Å²) in [5.41, 5.74) is 1.65. The van der Waals surface area contributed by atoms with E-state index < -0.39 is 4.92 Å². The van der Waals surface area contributed by atoms with Gasteiger partial charge in [-0.3, -0.25) is 14.9 Å². The second-order valence-electron chi connectivity index (χ2n) is 5.06. The van der Waals surface area contributed by atoms with E-state index in [-0.39, 0.29) is 18.0 Å². The Bertz CT molecular complexity index is 875. The maximum atomic E-state index is 12.2. The molecule has 1 N–H and O–H groups in total. The minimum atomic E-state index is -0.493. The summed E-state index contributed by atoms with van der Waals surface area (Å²) in [6.07, 6.45) is 2.83. The van der Waals surface area contributed by atoms with Gasteiger partial charge in [0.15, 0.2) is 12.2 Å². The average molecular weight is 323 g/mol. The van der Waals surface area contributed by atoms with E-state index in [9.17, 15) is 14.9 Å². The van der Waals surface area contributed by atoms with Crippen molar-refractivity contribution in [3.8, 4) is 11.3 Å². The van der Waals surface area contributed by atoms with Gasteiger partial charge >= 0.3 is 0 Å². The minimum Gasteiger partial charge on any atom is -0.444 e. The van der Waals surface area contributed by atoms with Crippen molar-refractivity contribution in [3.63, 3.8) is 0 Å². The summed E-state index contributed by atoms with van der Waals surface area (Å²) in [7, 11) is 0. The van der Waals surface area contributed by atoms with Crippen LogP contribution in [-0.2, 0) is 11.2 Å². The zero-order valence-electron chi connectivity index (χ0n) is 12.5. The molecule has 0 aliphatic rings. The predicted octanol–water partition coefficient (Wildman–Crippen LogP) is 3.43. The summed E-state index contributed by atoms with van der Waals surface area (Å²) in [6.45, 7) is 0. The lowest BCUT2D eigenvalue weighted by Gasteiger charge is -2.07. The Morgan fingerprint density at radius 3 is 2.79 bits per heavy atom. The van der Waals surface area contributed by atoms with Crippen molar-refractivity contribution < 1.29 is 14.1 Å². The van der Waals surface area contributed by atoms with E-state index in [4.69, 9.17) is 4.42 Å². The largest absolute Gasteiger partial charge is 0.444 e. The molecule has 2 aromatic carbocycles. The minimum absolute atomic E-state index is 0.0666. The van der Waals surface area contributed by atoms with Crippen LogP contribution in [0.5, 0.6) is 0 Å². The Balaban J connectivity index is 1.74. The molecule has 0 radical (unpaired) electrons. The number of amides is 1. The Labute approximate surface area is 137 Å². The fourth-order valence-corrected chi connectivity index (χ4v) is 2.33. The summed E-state index contributed by atoms with van der Waals surface area (Å²) in [4.78, 5) is 26.5. The lowest BCUT2D eigenvalue weighted by atomic mass is 10.1. The number of anilines is 1. The fourth-order valence-electron chi connectivity index (χ4n) is 2.33. The van der Waals surface area contributed by atoms with Gasteiger partial charge in [-0.25, -0.2) is 4.98 Å². The molecule has 7 heteroatoms. The van der Waals surface area contributed by atoms with E-state index in [2.05, 4.69) is 10.3 Å². The highest BCUT2D eigenvalue weighted by Gasteiger charge is 2.15. The van der Waals surface area contributed by atoms with Gasteiger partial charge in [-0.2, -0.15) is 0 Å². The summed E-state index contributed by atoms with van der Waals surface area (Å²) < 4.78 is 5.22. The number of para-hydroxylation sites is 1. The number of aromatic nitrogens is 1. The molecule has 0 atom stereocenters. The number of hydrogen-bond donors (Lipinski definition) is 1. The third kappa shape index (κ3) is 3.46. The van der Waals surface area contributed by atoms with Gasteiger partial charge < -0.3 is 9.73 Å². The quantitative estimate of drug-likeness (QED) is 0.573. The van der Waals surface area contributed by atoms with Gasteiger partial charge in [0.25, 0.3) is 5.69 Å². The van der Waals surface area contributed by atoms with Crippen molar-refractivity contribution in [2.45, 2.75) is 6.42 Å². The van der Waals surface area contributed by atoms with Crippen LogP contribution in [0.3, 0.4) is 0 Å². The first kappa shape index (κ1) is 15.4. The van der Waals surface area contributed by atoms with Gasteiger partial charge in [0.1, 0.15) is 0 Å². The fraction of sp³-hybridized carbons (Fsp3) is 0.0588. The lowest BCUT2D eigenvalue weighted by molar-refractivity contribution is -0.385. The molecular weight excluding hydrogens is 310 g/mol. The standard InChI is InChI=1S/C17H13N3O4/c21-17(9-12-4-1-2-7-15(12)20(22)23)19-14-6-3-5-13(8-14)16-10-18-11-24-16/h1-8,10-11H,9H2,(H,19,21). The monoisotopic (exact) mass is 323 g/mol. The highest BCUT2D eigenvalue weighted by atomic mass is 16.6. The number of nitro groups is 1. The number of nitrogens with one attached hydrogen (secondary N) is 1. The smallest absolute Gasteiger partial charge is 0.273 e. The molecule has 0 aliphatic carbocycles. The number of rotatable bonds is 5. The molecule has 24 heavy (non-hydrogen) atoms. The Hall–Kier alpha value is -3.48. The van der Waals surface area contributed by atoms with Crippen LogP contribution in [0, 0.1) is 10.1 Å². The SMILES string of the molecule is O=C(Cc1ccccc1[N+](=O)[O-])Nc1cccc(-c2cnco2)c1. The maximum Gasteiger partial charge on any atom is 0.273 e. The highest BCUT2D eigenvalue weighted by molar-refractivity contribution is 5.93. The molecule has 3 rings (SSSR count). The number of benzene rings is 2. The van der Waals surface area contributed by atoms with Gasteiger partial charge in [-0.05, 0) is 12.1 Å². The highest BCUT2D eigenvalue weighted by Crippen LogP contribution is 2.23. The van der Waals surface area contributed by atoms with Gasteiger partial charge in [0.05, 0.1) is 17.5 Å². The second-order valence-corrected chi connectivity index (χ2v) is 5.06. The number of nitro benzene ring substituents is 1. The van der Waals surface area contributed by atoms with E-state index in [0.717, 1.165) is 5.56 Å². The van der Waals surface area contributed by atoms with Crippen molar-refractivity contribution >= 4 is 17.3 Å². The van der Waals surface area contributed by atoms with Crippen molar-refractivity contribution in [3.05, 3.63) is 76.8 Å². The van der Waals surface area contributed by atoms with Crippen LogP contribution in [0.1, 0.15) is 5.56 Å². The van der Waals surface area contributed by atoms with Crippen LogP contribution in [0.15, 0.2) is 65.5 Å². The Morgan fingerprint density at radius 2 is 2.04 bits per heavy atom. The summed E-state index contributed by atoms with van der Waals surface area (Å²) >= 11 is 0. The number of carbonyl (C=O) groups excluding carboxylic acids is 1. The third-order valence-corrected chi connectivity index (χ3v) is 3.40. The average Bonchev–Trinajstić information content (AvgIpc) is 3.10. The summed E-state index contributed by atoms with van der Waals surface area (Å²) in [5.74, 6) is 0.254. The number of hydrogen-bond acceptors (Lipinski definition) is 5. The predicted molar refractivity (Wildman–Crippen MR) is 87.4 cm³/mol. The number of oxazole rings is 1. The molecule has 0 saturated carbocycles. The van der Waals surface area contributed by atoms with Crippen LogP contribution in [-0.4, -0.2) is 15.8 Å². The van der Waals surface area contributed by atoms with Crippen LogP contribution in [0.25, 0.3) is 11.3 Å². The molecule has 1 heterocycles. The van der Waals surface area contributed by atoms with E-state index in [1.54, 1.807) is 42.6 Å². The van der Waals surface area contributed by atoms with Crippen molar-refractivity contribution in [1.29, 1.82) is 0 Å². The summed E-state index contributed by atoms with van der Waals surface area (Å²) in [6, 6.07) is 13.3. The first-order valence-corrected chi connectivity index (χ1v) is 7.14. The molecule has 0 spiro atoms. The van der Waals surface area contributed by atoms with E-state index in [0.29, 0.717) is 17.0 Å². The van der Waals surface area contributed by atoms with Gasteiger partial charge in [-0.15, -0.1) is 0 Å². The molecule has 1 amide bonds. The normalized spacial score (nSPS) is 10.3. The maximum absolute atomic E-state index is 12.2. The molecule has 0 bridgehead atoms. The van der Waals surface area contributed by atoms with E-state index in [1.807, 2.05) is 6.07 Å². The lowest BCUT2D eigenvalue weighted by Crippen LogP contribution is -2.15. The zero-order valence-corrected chi connectivity index (χ0v) is 12.5. The molecule has 0 unspecified atom stereocenters. The van der Waals surface area contributed by atoms with Crippen LogP contribution in [0.4, 0.5) is 11.4 Å². The molecule has 7 nitrogen and oxygen atoms in total. The van der Waals surface area contributed by atoms with Gasteiger partial charge in [0.2, 0.25) is 5.91 Å². The van der Waals surface area contributed by atoms with Crippen molar-refractivity contribution in [1.82, 2.24) is 4.98 Å². The topological polar surface area (TPSA) is 98.3 Å². The van der Waals surface area contributed by atoms with E-state index >= 15 is 0 Å². The first-order valence-electron chi connectivity index (χ1n) is 7.14. The molecule has 120 valence electrons. The second kappa shape index (κ2) is 6.74. The van der Waals surface area contributed by atoms with Crippen LogP contribution < -0.4 is 5.32 Å². The first-order chi connectivity index (χ1) is 11.6. The van der Waals surface area contributed by atoms with Crippen LogP contribution in [0.2, 0.25) is 0 Å². The Kier molecular flexibility index (Phi) is 4.33. The third-order valence-electron chi connectivity index (χ3n) is 3.40. The zero-order chi connectivity index (χ0) is 16.9. The molecule has 3 aromatic rings. The molecule has 1 aromatic heterocycles. The van der Waals surface area contributed by atoms with Crippen LogP contribution >= 0.6 is 0 Å². The Morgan fingerprint density at radius 1 is 1.21 bits per heavy atom. The van der Waals surface area contributed by atoms with Gasteiger partial charge in [0, 0.05) is 22.9 Å². The molecule has 0 aliphatic heterocycles. The molecule has 0 saturated heterocycles. The van der Waals surface area contributed by atoms with Crippen molar-refractivity contribution in [2.75, 3.05) is 5.32 Å². The molecular formula is C17H13N3O4. The van der Waals surface area contributed by atoms with Gasteiger partial charge in [-0.1, -0.05) is 30.3 Å².